The lowest BCUT2D eigenvalue weighted by atomic mass is 10.0. The van der Waals surface area contributed by atoms with Crippen LogP contribution in [0.25, 0.3) is 0 Å². The molecule has 18 heavy (non-hydrogen) atoms. The van der Waals surface area contributed by atoms with Gasteiger partial charge in [-0.2, -0.15) is 0 Å². The number of ether oxygens (including phenoxy) is 1. The van der Waals surface area contributed by atoms with E-state index in [2.05, 4.69) is 9.88 Å². The molecule has 0 amide bonds. The molecular formula is C13H20N2O3. The van der Waals surface area contributed by atoms with Crippen LogP contribution in [-0.2, 0) is 16.1 Å². The number of piperidine rings is 1. The predicted octanol–water partition coefficient (Wildman–Crippen LogP) is 1.82. The average molecular weight is 252 g/mol. The van der Waals surface area contributed by atoms with Crippen LogP contribution < -0.4 is 0 Å². The summed E-state index contributed by atoms with van der Waals surface area (Å²) < 4.78 is 10.4. The van der Waals surface area contributed by atoms with Crippen LogP contribution in [0.1, 0.15) is 36.6 Å². The molecule has 1 aromatic rings. The number of carbonyl (C=O) groups excluding carboxylic acids is 1. The number of oxazole rings is 1. The molecule has 1 aliphatic rings. The second-order valence-electron chi connectivity index (χ2n) is 4.75. The van der Waals surface area contributed by atoms with E-state index in [0.29, 0.717) is 12.4 Å². The maximum Gasteiger partial charge on any atom is 0.323 e. The summed E-state index contributed by atoms with van der Waals surface area (Å²) in [6, 6.07) is -0.156. The highest BCUT2D eigenvalue weighted by atomic mass is 16.5. The van der Waals surface area contributed by atoms with Crippen molar-refractivity contribution in [1.82, 2.24) is 9.88 Å². The van der Waals surface area contributed by atoms with Gasteiger partial charge in [-0.1, -0.05) is 6.42 Å². The van der Waals surface area contributed by atoms with Crippen molar-refractivity contribution >= 4 is 5.97 Å². The zero-order valence-corrected chi connectivity index (χ0v) is 11.2. The molecule has 2 rings (SSSR count). The Balaban J connectivity index is 2.07. The third-order valence-electron chi connectivity index (χ3n) is 3.50. The van der Waals surface area contributed by atoms with E-state index in [-0.39, 0.29) is 12.0 Å². The Kier molecular flexibility index (Phi) is 4.01. The fourth-order valence-electron chi connectivity index (χ4n) is 2.36. The highest BCUT2D eigenvalue weighted by Gasteiger charge is 2.30. The van der Waals surface area contributed by atoms with Crippen molar-refractivity contribution in [3.63, 3.8) is 0 Å². The lowest BCUT2D eigenvalue weighted by Crippen LogP contribution is -2.44. The number of likely N-dealkylation sites (tertiary alicyclic amines) is 1. The maximum absolute atomic E-state index is 11.7. The van der Waals surface area contributed by atoms with E-state index in [4.69, 9.17) is 9.15 Å². The number of aromatic nitrogens is 1. The normalized spacial score (nSPS) is 20.9. The molecule has 0 aromatic carbocycles. The summed E-state index contributed by atoms with van der Waals surface area (Å²) in [5, 5.41) is 0. The number of rotatable bonds is 3. The monoisotopic (exact) mass is 252 g/mol. The molecule has 1 atom stereocenters. The number of methoxy groups -OCH3 is 1. The van der Waals surface area contributed by atoms with Gasteiger partial charge in [-0.05, 0) is 33.2 Å². The first-order valence-corrected chi connectivity index (χ1v) is 6.36. The Bertz CT molecular complexity index is 408. The molecule has 0 spiro atoms. The lowest BCUT2D eigenvalue weighted by molar-refractivity contribution is -0.148. The number of hydrogen-bond acceptors (Lipinski definition) is 5. The zero-order valence-electron chi connectivity index (χ0n) is 11.2. The number of esters is 1. The van der Waals surface area contributed by atoms with Gasteiger partial charge in [0.2, 0.25) is 5.89 Å². The number of nitrogens with zero attached hydrogens (tertiary/aromatic N) is 2. The van der Waals surface area contributed by atoms with Crippen molar-refractivity contribution in [3.8, 4) is 0 Å². The molecule has 0 N–H and O–H groups in total. The van der Waals surface area contributed by atoms with Crippen LogP contribution in [-0.4, -0.2) is 35.5 Å². The van der Waals surface area contributed by atoms with Crippen LogP contribution in [0, 0.1) is 13.8 Å². The van der Waals surface area contributed by atoms with Gasteiger partial charge in [0.05, 0.1) is 19.3 Å². The second-order valence-corrected chi connectivity index (χ2v) is 4.75. The first kappa shape index (κ1) is 13.1. The summed E-state index contributed by atoms with van der Waals surface area (Å²) in [7, 11) is 1.44. The van der Waals surface area contributed by atoms with E-state index >= 15 is 0 Å². The largest absolute Gasteiger partial charge is 0.468 e. The molecule has 0 bridgehead atoms. The molecule has 0 aliphatic carbocycles. The van der Waals surface area contributed by atoms with Crippen LogP contribution >= 0.6 is 0 Å². The molecular weight excluding hydrogens is 232 g/mol. The smallest absolute Gasteiger partial charge is 0.323 e. The lowest BCUT2D eigenvalue weighted by Gasteiger charge is -2.32. The van der Waals surface area contributed by atoms with Gasteiger partial charge in [0, 0.05) is 0 Å². The van der Waals surface area contributed by atoms with E-state index in [9.17, 15) is 4.79 Å². The SMILES string of the molecule is COC(=O)[C@H]1CCCCN1Cc1nc(C)c(C)o1. The molecule has 1 saturated heterocycles. The van der Waals surface area contributed by atoms with Crippen molar-refractivity contribution in [1.29, 1.82) is 0 Å². The molecule has 1 aromatic heterocycles. The van der Waals surface area contributed by atoms with Crippen molar-refractivity contribution in [2.75, 3.05) is 13.7 Å². The van der Waals surface area contributed by atoms with Crippen molar-refractivity contribution in [2.45, 2.75) is 45.7 Å². The summed E-state index contributed by atoms with van der Waals surface area (Å²) in [5.41, 5.74) is 0.914. The number of carbonyl (C=O) groups is 1. The van der Waals surface area contributed by atoms with Crippen molar-refractivity contribution < 1.29 is 13.9 Å². The Hall–Kier alpha value is -1.36. The van der Waals surface area contributed by atoms with Crippen molar-refractivity contribution in [2.24, 2.45) is 0 Å². The van der Waals surface area contributed by atoms with Crippen LogP contribution in [0.5, 0.6) is 0 Å². The standard InChI is InChI=1S/C13H20N2O3/c1-9-10(2)18-12(14-9)8-15-7-5-4-6-11(15)13(16)17-3/h11H,4-8H2,1-3H3/t11-/m1/s1. The Morgan fingerprint density at radius 1 is 1.50 bits per heavy atom. The summed E-state index contributed by atoms with van der Waals surface area (Å²) >= 11 is 0. The van der Waals surface area contributed by atoms with Crippen molar-refractivity contribution in [3.05, 3.63) is 17.3 Å². The molecule has 1 aliphatic heterocycles. The Labute approximate surface area is 107 Å². The fraction of sp³-hybridized carbons (Fsp3) is 0.692. The van der Waals surface area contributed by atoms with Gasteiger partial charge < -0.3 is 9.15 Å². The quantitative estimate of drug-likeness (QED) is 0.768. The molecule has 100 valence electrons. The molecule has 1 fully saturated rings. The van der Waals surface area contributed by atoms with Gasteiger partial charge in [0.1, 0.15) is 11.8 Å². The third kappa shape index (κ3) is 2.72. The number of aryl methyl sites for hydroxylation is 2. The molecule has 0 unspecified atom stereocenters. The summed E-state index contributed by atoms with van der Waals surface area (Å²) in [6.45, 7) is 5.30. The predicted molar refractivity (Wildman–Crippen MR) is 66.0 cm³/mol. The molecule has 0 saturated carbocycles. The minimum Gasteiger partial charge on any atom is -0.468 e. The van der Waals surface area contributed by atoms with Gasteiger partial charge in [0.15, 0.2) is 0 Å². The van der Waals surface area contributed by atoms with Gasteiger partial charge in [-0.3, -0.25) is 9.69 Å². The Morgan fingerprint density at radius 3 is 2.89 bits per heavy atom. The van der Waals surface area contributed by atoms with Crippen LogP contribution in [0.4, 0.5) is 0 Å². The molecule has 0 radical (unpaired) electrons. The van der Waals surface area contributed by atoms with Gasteiger partial charge in [0.25, 0.3) is 0 Å². The first-order chi connectivity index (χ1) is 8.61. The topological polar surface area (TPSA) is 55.6 Å². The minimum absolute atomic E-state index is 0.156. The van der Waals surface area contributed by atoms with Crippen LogP contribution in [0.15, 0.2) is 4.42 Å². The maximum atomic E-state index is 11.7. The van der Waals surface area contributed by atoms with Gasteiger partial charge in [-0.15, -0.1) is 0 Å². The van der Waals surface area contributed by atoms with E-state index in [1.807, 2.05) is 13.8 Å². The second kappa shape index (κ2) is 5.52. The zero-order chi connectivity index (χ0) is 13.1. The van der Waals surface area contributed by atoms with E-state index < -0.39 is 0 Å². The summed E-state index contributed by atoms with van der Waals surface area (Å²) in [5.74, 6) is 1.37. The summed E-state index contributed by atoms with van der Waals surface area (Å²) in [6.07, 6.45) is 3.03. The minimum atomic E-state index is -0.158. The first-order valence-electron chi connectivity index (χ1n) is 6.36. The van der Waals surface area contributed by atoms with E-state index in [1.54, 1.807) is 0 Å². The van der Waals surface area contributed by atoms with Crippen LogP contribution in [0.3, 0.4) is 0 Å². The van der Waals surface area contributed by atoms with Crippen LogP contribution in [0.2, 0.25) is 0 Å². The third-order valence-corrected chi connectivity index (χ3v) is 3.50. The highest BCUT2D eigenvalue weighted by molar-refractivity contribution is 5.75. The molecule has 5 nitrogen and oxygen atoms in total. The van der Waals surface area contributed by atoms with E-state index in [1.165, 1.54) is 7.11 Å². The van der Waals surface area contributed by atoms with E-state index in [0.717, 1.165) is 37.3 Å². The fourth-order valence-corrected chi connectivity index (χ4v) is 2.36. The molecule has 5 heteroatoms. The van der Waals surface area contributed by atoms with Gasteiger partial charge >= 0.3 is 5.97 Å². The highest BCUT2D eigenvalue weighted by Crippen LogP contribution is 2.21. The Morgan fingerprint density at radius 2 is 2.28 bits per heavy atom. The molecule has 2 heterocycles. The average Bonchev–Trinajstić information content (AvgIpc) is 2.68. The number of hydrogen-bond donors (Lipinski definition) is 0. The summed E-state index contributed by atoms with van der Waals surface area (Å²) in [4.78, 5) is 18.2. The van der Waals surface area contributed by atoms with Gasteiger partial charge in [-0.25, -0.2) is 4.98 Å².